The first-order valence-electron chi connectivity index (χ1n) is 9.95. The quantitative estimate of drug-likeness (QED) is 0.643. The second-order valence-electron chi connectivity index (χ2n) is 7.11. The van der Waals surface area contributed by atoms with Gasteiger partial charge in [-0.25, -0.2) is 4.39 Å². The lowest BCUT2D eigenvalue weighted by Crippen LogP contribution is -2.50. The van der Waals surface area contributed by atoms with Crippen molar-refractivity contribution in [2.75, 3.05) is 13.7 Å². The van der Waals surface area contributed by atoms with Crippen LogP contribution in [0.1, 0.15) is 32.8 Å². The van der Waals surface area contributed by atoms with Gasteiger partial charge in [-0.1, -0.05) is 19.1 Å². The highest BCUT2D eigenvalue weighted by atomic mass is 19.1. The first kappa shape index (κ1) is 23.2. The highest BCUT2D eigenvalue weighted by Crippen LogP contribution is 2.18. The van der Waals surface area contributed by atoms with Gasteiger partial charge in [-0.2, -0.15) is 0 Å². The molecule has 0 spiro atoms. The third-order valence-corrected chi connectivity index (χ3v) is 4.86. The number of rotatable bonds is 10. The summed E-state index contributed by atoms with van der Waals surface area (Å²) in [6.45, 7) is 5.49. The number of nitrogens with zero attached hydrogens (tertiary/aromatic N) is 1. The van der Waals surface area contributed by atoms with E-state index in [4.69, 9.17) is 9.47 Å². The molecule has 0 saturated heterocycles. The van der Waals surface area contributed by atoms with Crippen LogP contribution in [0.2, 0.25) is 0 Å². The Morgan fingerprint density at radius 2 is 1.63 bits per heavy atom. The van der Waals surface area contributed by atoms with E-state index in [0.29, 0.717) is 11.5 Å². The molecule has 0 aliphatic carbocycles. The smallest absolute Gasteiger partial charge is 0.261 e. The van der Waals surface area contributed by atoms with E-state index in [2.05, 4.69) is 5.32 Å². The molecule has 0 aliphatic heterocycles. The van der Waals surface area contributed by atoms with Crippen molar-refractivity contribution in [3.63, 3.8) is 0 Å². The summed E-state index contributed by atoms with van der Waals surface area (Å²) in [5.74, 6) is 0.248. The zero-order valence-electron chi connectivity index (χ0n) is 17.9. The van der Waals surface area contributed by atoms with Crippen molar-refractivity contribution in [2.24, 2.45) is 0 Å². The summed E-state index contributed by atoms with van der Waals surface area (Å²) in [4.78, 5) is 27.0. The monoisotopic (exact) mass is 416 g/mol. The molecule has 0 saturated carbocycles. The molecular weight excluding hydrogens is 387 g/mol. The van der Waals surface area contributed by atoms with Gasteiger partial charge < -0.3 is 19.7 Å². The zero-order chi connectivity index (χ0) is 22.1. The number of carbonyl (C=O) groups excluding carboxylic acids is 2. The van der Waals surface area contributed by atoms with Gasteiger partial charge in [0.2, 0.25) is 5.91 Å². The maximum absolute atomic E-state index is 13.2. The third-order valence-electron chi connectivity index (χ3n) is 4.86. The van der Waals surface area contributed by atoms with Gasteiger partial charge in [0.15, 0.2) is 6.61 Å². The molecule has 2 aromatic rings. The second-order valence-corrected chi connectivity index (χ2v) is 7.11. The number of methoxy groups -OCH3 is 1. The molecule has 2 atom stereocenters. The van der Waals surface area contributed by atoms with Crippen molar-refractivity contribution in [2.45, 2.75) is 45.8 Å². The standard InChI is InChI=1S/C23H29FN2O4/c1-5-16(2)25-23(28)17(3)26(14-18-6-8-19(24)9-7-18)22(27)15-30-21-12-10-20(29-4)11-13-21/h6-13,16-17H,5,14-15H2,1-4H3,(H,25,28)/t16-,17-/m1/s1. The predicted octanol–water partition coefficient (Wildman–Crippen LogP) is 3.55. The van der Waals surface area contributed by atoms with Gasteiger partial charge in [0.05, 0.1) is 7.11 Å². The summed E-state index contributed by atoms with van der Waals surface area (Å²) in [6.07, 6.45) is 0.783. The van der Waals surface area contributed by atoms with E-state index in [1.807, 2.05) is 13.8 Å². The molecule has 0 radical (unpaired) electrons. The summed E-state index contributed by atoms with van der Waals surface area (Å²) in [7, 11) is 1.57. The first-order valence-corrected chi connectivity index (χ1v) is 9.95. The number of ether oxygens (including phenoxy) is 2. The molecular formula is C23H29FN2O4. The van der Waals surface area contributed by atoms with E-state index in [9.17, 15) is 14.0 Å². The van der Waals surface area contributed by atoms with Crippen molar-refractivity contribution < 1.29 is 23.5 Å². The molecule has 7 heteroatoms. The highest BCUT2D eigenvalue weighted by Gasteiger charge is 2.27. The fourth-order valence-electron chi connectivity index (χ4n) is 2.73. The zero-order valence-corrected chi connectivity index (χ0v) is 17.9. The lowest BCUT2D eigenvalue weighted by molar-refractivity contribution is -0.142. The normalized spacial score (nSPS) is 12.6. The van der Waals surface area contributed by atoms with Crippen LogP contribution in [0.5, 0.6) is 11.5 Å². The molecule has 1 N–H and O–H groups in total. The van der Waals surface area contributed by atoms with Crippen LogP contribution in [0.3, 0.4) is 0 Å². The van der Waals surface area contributed by atoms with Gasteiger partial charge in [-0.15, -0.1) is 0 Å². The van der Waals surface area contributed by atoms with Gasteiger partial charge in [0.1, 0.15) is 23.4 Å². The molecule has 2 aromatic carbocycles. The summed E-state index contributed by atoms with van der Waals surface area (Å²) < 4.78 is 23.9. The average molecular weight is 416 g/mol. The molecule has 30 heavy (non-hydrogen) atoms. The first-order chi connectivity index (χ1) is 14.3. The Bertz CT molecular complexity index is 824. The fraction of sp³-hybridized carbons (Fsp3) is 0.391. The highest BCUT2D eigenvalue weighted by molar-refractivity contribution is 5.88. The van der Waals surface area contributed by atoms with E-state index in [-0.39, 0.29) is 36.8 Å². The molecule has 2 rings (SSSR count). The Labute approximate surface area is 177 Å². The van der Waals surface area contributed by atoms with Crippen molar-refractivity contribution in [1.29, 1.82) is 0 Å². The van der Waals surface area contributed by atoms with Crippen LogP contribution in [-0.4, -0.2) is 42.5 Å². The number of hydrogen-bond donors (Lipinski definition) is 1. The fourth-order valence-corrected chi connectivity index (χ4v) is 2.73. The van der Waals surface area contributed by atoms with E-state index in [1.165, 1.54) is 17.0 Å². The van der Waals surface area contributed by atoms with Crippen LogP contribution >= 0.6 is 0 Å². The molecule has 0 unspecified atom stereocenters. The van der Waals surface area contributed by atoms with Crippen LogP contribution in [0.25, 0.3) is 0 Å². The molecule has 0 heterocycles. The van der Waals surface area contributed by atoms with Gasteiger partial charge >= 0.3 is 0 Å². The molecule has 162 valence electrons. The topological polar surface area (TPSA) is 67.9 Å². The Kier molecular flexibility index (Phi) is 8.65. The Hall–Kier alpha value is -3.09. The van der Waals surface area contributed by atoms with Crippen LogP contribution in [0.15, 0.2) is 48.5 Å². The SMILES string of the molecule is CC[C@@H](C)NC(=O)[C@@H](C)N(Cc1ccc(F)cc1)C(=O)COc1ccc(OC)cc1. The number of carbonyl (C=O) groups is 2. The largest absolute Gasteiger partial charge is 0.497 e. The number of amides is 2. The van der Waals surface area contributed by atoms with E-state index < -0.39 is 6.04 Å². The van der Waals surface area contributed by atoms with Crippen LogP contribution < -0.4 is 14.8 Å². The summed E-state index contributed by atoms with van der Waals surface area (Å²) in [5.41, 5.74) is 0.720. The summed E-state index contributed by atoms with van der Waals surface area (Å²) >= 11 is 0. The maximum atomic E-state index is 13.2. The molecule has 6 nitrogen and oxygen atoms in total. The van der Waals surface area contributed by atoms with Gasteiger partial charge in [-0.3, -0.25) is 9.59 Å². The van der Waals surface area contributed by atoms with Crippen molar-refractivity contribution in [3.05, 3.63) is 59.9 Å². The van der Waals surface area contributed by atoms with Gasteiger partial charge in [-0.05, 0) is 62.2 Å². The Morgan fingerprint density at radius 3 is 2.20 bits per heavy atom. The van der Waals surface area contributed by atoms with Gasteiger partial charge in [0, 0.05) is 12.6 Å². The van der Waals surface area contributed by atoms with Crippen LogP contribution in [0.4, 0.5) is 4.39 Å². The maximum Gasteiger partial charge on any atom is 0.261 e. The Balaban J connectivity index is 2.12. The molecule has 0 aliphatic rings. The lowest BCUT2D eigenvalue weighted by atomic mass is 10.1. The summed E-state index contributed by atoms with van der Waals surface area (Å²) in [6, 6.07) is 12.0. The van der Waals surface area contributed by atoms with E-state index >= 15 is 0 Å². The number of benzene rings is 2. The van der Waals surface area contributed by atoms with E-state index in [1.54, 1.807) is 50.4 Å². The minimum absolute atomic E-state index is 0.00160. The molecule has 2 amide bonds. The summed E-state index contributed by atoms with van der Waals surface area (Å²) in [5, 5.41) is 2.90. The molecule has 0 bridgehead atoms. The molecule has 0 fully saturated rings. The van der Waals surface area contributed by atoms with E-state index in [0.717, 1.165) is 12.0 Å². The number of halogens is 1. The minimum Gasteiger partial charge on any atom is -0.497 e. The van der Waals surface area contributed by atoms with Crippen molar-refractivity contribution in [3.8, 4) is 11.5 Å². The van der Waals surface area contributed by atoms with Crippen LogP contribution in [-0.2, 0) is 16.1 Å². The predicted molar refractivity (Wildman–Crippen MR) is 113 cm³/mol. The average Bonchev–Trinajstić information content (AvgIpc) is 2.76. The number of hydrogen-bond acceptors (Lipinski definition) is 4. The van der Waals surface area contributed by atoms with Crippen molar-refractivity contribution in [1.82, 2.24) is 10.2 Å². The van der Waals surface area contributed by atoms with Crippen molar-refractivity contribution >= 4 is 11.8 Å². The van der Waals surface area contributed by atoms with Gasteiger partial charge in [0.25, 0.3) is 5.91 Å². The number of nitrogens with one attached hydrogen (secondary N) is 1. The molecule has 0 aromatic heterocycles. The second kappa shape index (κ2) is 11.2. The third kappa shape index (κ3) is 6.76. The van der Waals surface area contributed by atoms with Crippen LogP contribution in [0, 0.1) is 5.82 Å². The Morgan fingerprint density at radius 1 is 1.03 bits per heavy atom. The minimum atomic E-state index is -0.712. The lowest BCUT2D eigenvalue weighted by Gasteiger charge is -2.29.